The van der Waals surface area contributed by atoms with Crippen LogP contribution in [0.2, 0.25) is 0 Å². The van der Waals surface area contributed by atoms with E-state index in [0.717, 1.165) is 36.3 Å². The molecule has 2 aromatic rings. The van der Waals surface area contributed by atoms with E-state index in [-0.39, 0.29) is 5.78 Å². The maximum absolute atomic E-state index is 12.4. The summed E-state index contributed by atoms with van der Waals surface area (Å²) in [5.74, 6) is 2.18. The second-order valence-electron chi connectivity index (χ2n) is 6.47. The molecular formula is C24H30O4. The monoisotopic (exact) mass is 382 g/mol. The number of carbonyl (C=O) groups is 1. The number of hydrogen-bond donors (Lipinski definition) is 0. The standard InChI is InChI=1S/C24H30O4/c1-4-15-26-21-11-9-20(10-12-21)22(25)13-7-19-8-14-23(27-16-5-2)24(18-19)28-17-6-3/h7-14,18H,4-6,15-17H2,1-3H3/b13-7+. The van der Waals surface area contributed by atoms with E-state index in [1.807, 2.05) is 30.3 Å². The van der Waals surface area contributed by atoms with Crippen molar-refractivity contribution >= 4 is 11.9 Å². The van der Waals surface area contributed by atoms with Crippen LogP contribution in [0.1, 0.15) is 56.0 Å². The van der Waals surface area contributed by atoms with Crippen LogP contribution in [0.3, 0.4) is 0 Å². The summed E-state index contributed by atoms with van der Waals surface area (Å²) in [6.07, 6.45) is 6.19. The molecular weight excluding hydrogens is 352 g/mol. The van der Waals surface area contributed by atoms with E-state index < -0.39 is 0 Å². The predicted molar refractivity (Wildman–Crippen MR) is 114 cm³/mol. The van der Waals surface area contributed by atoms with Crippen molar-refractivity contribution in [3.63, 3.8) is 0 Å². The molecule has 0 fully saturated rings. The van der Waals surface area contributed by atoms with Gasteiger partial charge in [-0.05, 0) is 67.3 Å². The Hall–Kier alpha value is -2.75. The summed E-state index contributed by atoms with van der Waals surface area (Å²) in [6, 6.07) is 13.0. The first-order valence-corrected chi connectivity index (χ1v) is 10.0. The van der Waals surface area contributed by atoms with Crippen molar-refractivity contribution < 1.29 is 19.0 Å². The zero-order valence-electron chi connectivity index (χ0n) is 17.1. The van der Waals surface area contributed by atoms with E-state index in [4.69, 9.17) is 14.2 Å². The van der Waals surface area contributed by atoms with Crippen molar-refractivity contribution in [2.24, 2.45) is 0 Å². The third kappa shape index (κ3) is 6.76. The predicted octanol–water partition coefficient (Wildman–Crippen LogP) is 5.95. The molecule has 0 aromatic heterocycles. The summed E-state index contributed by atoms with van der Waals surface area (Å²) in [6.45, 7) is 8.14. The molecule has 4 heteroatoms. The van der Waals surface area contributed by atoms with Crippen molar-refractivity contribution in [1.29, 1.82) is 0 Å². The molecule has 4 nitrogen and oxygen atoms in total. The first-order chi connectivity index (χ1) is 13.7. The Morgan fingerprint density at radius 2 is 1.39 bits per heavy atom. The fourth-order valence-electron chi connectivity index (χ4n) is 2.49. The molecule has 0 bridgehead atoms. The van der Waals surface area contributed by atoms with E-state index >= 15 is 0 Å². The molecule has 0 aliphatic rings. The lowest BCUT2D eigenvalue weighted by atomic mass is 10.1. The average molecular weight is 383 g/mol. The van der Waals surface area contributed by atoms with Gasteiger partial charge in [-0.15, -0.1) is 0 Å². The van der Waals surface area contributed by atoms with Crippen molar-refractivity contribution in [3.05, 3.63) is 59.7 Å². The van der Waals surface area contributed by atoms with Crippen LogP contribution in [0.15, 0.2) is 48.5 Å². The molecule has 0 spiro atoms. The van der Waals surface area contributed by atoms with Crippen molar-refractivity contribution in [3.8, 4) is 17.2 Å². The molecule has 0 radical (unpaired) electrons. The van der Waals surface area contributed by atoms with Gasteiger partial charge in [-0.3, -0.25) is 4.79 Å². The molecule has 0 saturated carbocycles. The highest BCUT2D eigenvalue weighted by atomic mass is 16.5. The van der Waals surface area contributed by atoms with E-state index in [0.29, 0.717) is 31.1 Å². The summed E-state index contributed by atoms with van der Waals surface area (Å²) < 4.78 is 17.1. The normalized spacial score (nSPS) is 10.8. The molecule has 0 amide bonds. The number of allylic oxidation sites excluding steroid dienone is 1. The first kappa shape index (κ1) is 21.5. The van der Waals surface area contributed by atoms with Gasteiger partial charge in [0, 0.05) is 5.56 Å². The van der Waals surface area contributed by atoms with Gasteiger partial charge < -0.3 is 14.2 Å². The highest BCUT2D eigenvalue weighted by Gasteiger charge is 2.07. The van der Waals surface area contributed by atoms with E-state index in [1.54, 1.807) is 24.3 Å². The lowest BCUT2D eigenvalue weighted by Gasteiger charge is -2.12. The van der Waals surface area contributed by atoms with Gasteiger partial charge in [-0.25, -0.2) is 0 Å². The van der Waals surface area contributed by atoms with E-state index in [1.165, 1.54) is 0 Å². The second-order valence-corrected chi connectivity index (χ2v) is 6.47. The summed E-state index contributed by atoms with van der Waals surface area (Å²) in [7, 11) is 0. The lowest BCUT2D eigenvalue weighted by molar-refractivity contribution is 0.104. The van der Waals surface area contributed by atoms with Gasteiger partial charge in [0.25, 0.3) is 0 Å². The van der Waals surface area contributed by atoms with Crippen LogP contribution in [0.5, 0.6) is 17.2 Å². The topological polar surface area (TPSA) is 44.8 Å². The summed E-state index contributed by atoms with van der Waals surface area (Å²) >= 11 is 0. The highest BCUT2D eigenvalue weighted by molar-refractivity contribution is 6.06. The number of hydrogen-bond acceptors (Lipinski definition) is 4. The fourth-order valence-corrected chi connectivity index (χ4v) is 2.49. The van der Waals surface area contributed by atoms with Crippen LogP contribution in [0.4, 0.5) is 0 Å². The number of ether oxygens (including phenoxy) is 3. The molecule has 150 valence electrons. The van der Waals surface area contributed by atoms with Crippen LogP contribution in [0.25, 0.3) is 6.08 Å². The highest BCUT2D eigenvalue weighted by Crippen LogP contribution is 2.29. The zero-order valence-corrected chi connectivity index (χ0v) is 17.1. The SMILES string of the molecule is CCCOc1ccc(C(=O)/C=C/c2ccc(OCCC)c(OCCC)c2)cc1. The minimum atomic E-state index is -0.0515. The van der Waals surface area contributed by atoms with Crippen molar-refractivity contribution in [1.82, 2.24) is 0 Å². The zero-order chi connectivity index (χ0) is 20.2. The Morgan fingerprint density at radius 3 is 2.04 bits per heavy atom. The number of ketones is 1. The number of carbonyl (C=O) groups excluding carboxylic acids is 1. The molecule has 2 aromatic carbocycles. The largest absolute Gasteiger partial charge is 0.494 e. The Balaban J connectivity index is 2.07. The Kier molecular flexibility index (Phi) is 9.13. The third-order valence-corrected chi connectivity index (χ3v) is 3.93. The van der Waals surface area contributed by atoms with E-state index in [2.05, 4.69) is 20.8 Å². The first-order valence-electron chi connectivity index (χ1n) is 10.0. The smallest absolute Gasteiger partial charge is 0.185 e. The lowest BCUT2D eigenvalue weighted by Crippen LogP contribution is -2.01. The fraction of sp³-hybridized carbons (Fsp3) is 0.375. The van der Waals surface area contributed by atoms with Gasteiger partial charge in [0.15, 0.2) is 17.3 Å². The number of benzene rings is 2. The molecule has 0 N–H and O–H groups in total. The van der Waals surface area contributed by atoms with Crippen LogP contribution in [-0.2, 0) is 0 Å². The third-order valence-electron chi connectivity index (χ3n) is 3.93. The molecule has 28 heavy (non-hydrogen) atoms. The van der Waals surface area contributed by atoms with E-state index in [9.17, 15) is 4.79 Å². The molecule has 0 aliphatic heterocycles. The Labute approximate surface area is 168 Å². The summed E-state index contributed by atoms with van der Waals surface area (Å²) in [5.41, 5.74) is 1.52. The molecule has 2 rings (SSSR count). The average Bonchev–Trinajstić information content (AvgIpc) is 2.74. The van der Waals surface area contributed by atoms with Crippen LogP contribution in [0, 0.1) is 0 Å². The van der Waals surface area contributed by atoms with Gasteiger partial charge in [0.2, 0.25) is 0 Å². The molecule has 0 saturated heterocycles. The van der Waals surface area contributed by atoms with Gasteiger partial charge >= 0.3 is 0 Å². The van der Waals surface area contributed by atoms with Crippen LogP contribution >= 0.6 is 0 Å². The Bertz CT molecular complexity index is 763. The quantitative estimate of drug-likeness (QED) is 0.336. The number of rotatable bonds is 12. The van der Waals surface area contributed by atoms with Crippen molar-refractivity contribution in [2.45, 2.75) is 40.0 Å². The molecule has 0 atom stereocenters. The van der Waals surface area contributed by atoms with Crippen LogP contribution in [-0.4, -0.2) is 25.6 Å². The Morgan fingerprint density at radius 1 is 0.786 bits per heavy atom. The summed E-state index contributed by atoms with van der Waals surface area (Å²) in [4.78, 5) is 12.4. The van der Waals surface area contributed by atoms with Gasteiger partial charge in [0.05, 0.1) is 19.8 Å². The molecule has 0 unspecified atom stereocenters. The van der Waals surface area contributed by atoms with Gasteiger partial charge in [-0.2, -0.15) is 0 Å². The molecule has 0 aliphatic carbocycles. The maximum Gasteiger partial charge on any atom is 0.185 e. The second kappa shape index (κ2) is 11.9. The molecule has 0 heterocycles. The van der Waals surface area contributed by atoms with Crippen LogP contribution < -0.4 is 14.2 Å². The van der Waals surface area contributed by atoms with Gasteiger partial charge in [-0.1, -0.05) is 32.9 Å². The minimum Gasteiger partial charge on any atom is -0.494 e. The minimum absolute atomic E-state index is 0.0515. The summed E-state index contributed by atoms with van der Waals surface area (Å²) in [5, 5.41) is 0. The maximum atomic E-state index is 12.4. The van der Waals surface area contributed by atoms with Crippen molar-refractivity contribution in [2.75, 3.05) is 19.8 Å². The van der Waals surface area contributed by atoms with Gasteiger partial charge in [0.1, 0.15) is 5.75 Å².